The standard InChI is InChI=1S/C15H22O/c1-3-5-6-10-13-16-15(4-2)14-11-8-7-9-12-14/h4,7-9,11-12,15H,2-3,5-6,10,13H2,1H3/t15-/m1/s1. The molecule has 1 atom stereocenters. The lowest BCUT2D eigenvalue weighted by Crippen LogP contribution is -2.02. The Morgan fingerprint density at radius 1 is 1.19 bits per heavy atom. The minimum absolute atomic E-state index is 0.0443. The SMILES string of the molecule is C=C[C@@H](OCCCCCC)c1ccccc1. The van der Waals surface area contributed by atoms with Crippen molar-refractivity contribution in [2.45, 2.75) is 38.7 Å². The summed E-state index contributed by atoms with van der Waals surface area (Å²) in [5.41, 5.74) is 1.19. The molecule has 0 radical (unpaired) electrons. The van der Waals surface area contributed by atoms with E-state index in [1.165, 1.54) is 24.8 Å². The minimum Gasteiger partial charge on any atom is -0.369 e. The van der Waals surface area contributed by atoms with Crippen LogP contribution in [0.5, 0.6) is 0 Å². The van der Waals surface area contributed by atoms with Crippen LogP contribution >= 0.6 is 0 Å². The van der Waals surface area contributed by atoms with Gasteiger partial charge in [0.1, 0.15) is 6.10 Å². The summed E-state index contributed by atoms with van der Waals surface area (Å²) in [6, 6.07) is 10.3. The maximum atomic E-state index is 5.81. The fraction of sp³-hybridized carbons (Fsp3) is 0.467. The molecular weight excluding hydrogens is 196 g/mol. The Labute approximate surface area is 99.1 Å². The van der Waals surface area contributed by atoms with Crippen LogP contribution in [0.4, 0.5) is 0 Å². The molecule has 1 aromatic carbocycles. The number of hydrogen-bond acceptors (Lipinski definition) is 1. The zero-order valence-electron chi connectivity index (χ0n) is 10.2. The molecule has 16 heavy (non-hydrogen) atoms. The molecule has 0 saturated heterocycles. The minimum atomic E-state index is 0.0443. The van der Waals surface area contributed by atoms with Crippen LogP contribution in [0.2, 0.25) is 0 Å². The number of rotatable bonds is 8. The number of hydrogen-bond donors (Lipinski definition) is 0. The molecule has 0 spiro atoms. The fourth-order valence-corrected chi connectivity index (χ4v) is 1.68. The van der Waals surface area contributed by atoms with Crippen LogP contribution in [0, 0.1) is 0 Å². The molecular formula is C15H22O. The van der Waals surface area contributed by atoms with Crippen LogP contribution in [0.1, 0.15) is 44.3 Å². The van der Waals surface area contributed by atoms with Crippen LogP contribution in [0.3, 0.4) is 0 Å². The van der Waals surface area contributed by atoms with E-state index in [0.717, 1.165) is 13.0 Å². The molecule has 0 saturated carbocycles. The average Bonchev–Trinajstić information content (AvgIpc) is 2.35. The summed E-state index contributed by atoms with van der Waals surface area (Å²) in [5.74, 6) is 0. The van der Waals surface area contributed by atoms with Gasteiger partial charge in [0.05, 0.1) is 0 Å². The Kier molecular flexibility index (Phi) is 6.59. The quantitative estimate of drug-likeness (QED) is 0.461. The maximum absolute atomic E-state index is 5.81. The second-order valence-electron chi connectivity index (χ2n) is 4.00. The maximum Gasteiger partial charge on any atom is 0.100 e. The van der Waals surface area contributed by atoms with Crippen molar-refractivity contribution < 1.29 is 4.74 Å². The first kappa shape index (κ1) is 13.0. The highest BCUT2D eigenvalue weighted by atomic mass is 16.5. The Hall–Kier alpha value is -1.08. The van der Waals surface area contributed by atoms with Crippen molar-refractivity contribution >= 4 is 0 Å². The molecule has 0 aromatic heterocycles. The van der Waals surface area contributed by atoms with Crippen molar-refractivity contribution in [2.24, 2.45) is 0 Å². The first-order valence-electron chi connectivity index (χ1n) is 6.17. The highest BCUT2D eigenvalue weighted by Gasteiger charge is 2.05. The van der Waals surface area contributed by atoms with Gasteiger partial charge < -0.3 is 4.74 Å². The summed E-state index contributed by atoms with van der Waals surface area (Å²) in [5, 5.41) is 0. The van der Waals surface area contributed by atoms with E-state index in [4.69, 9.17) is 4.74 Å². The van der Waals surface area contributed by atoms with E-state index in [1.54, 1.807) is 0 Å². The number of unbranched alkanes of at least 4 members (excludes halogenated alkanes) is 3. The molecule has 0 amide bonds. The number of benzene rings is 1. The molecule has 0 aliphatic rings. The topological polar surface area (TPSA) is 9.23 Å². The van der Waals surface area contributed by atoms with Gasteiger partial charge >= 0.3 is 0 Å². The first-order chi connectivity index (χ1) is 7.88. The molecule has 0 unspecified atom stereocenters. The van der Waals surface area contributed by atoms with Crippen molar-refractivity contribution in [3.8, 4) is 0 Å². The van der Waals surface area contributed by atoms with E-state index in [-0.39, 0.29) is 6.10 Å². The van der Waals surface area contributed by atoms with Gasteiger partial charge in [-0.2, -0.15) is 0 Å². The second-order valence-corrected chi connectivity index (χ2v) is 4.00. The third kappa shape index (κ3) is 4.63. The lowest BCUT2D eigenvalue weighted by Gasteiger charge is -2.14. The molecule has 1 heteroatoms. The van der Waals surface area contributed by atoms with Crippen LogP contribution in [0.25, 0.3) is 0 Å². The van der Waals surface area contributed by atoms with Crippen molar-refractivity contribution in [3.05, 3.63) is 48.6 Å². The lowest BCUT2D eigenvalue weighted by molar-refractivity contribution is 0.0822. The van der Waals surface area contributed by atoms with Gasteiger partial charge in [-0.3, -0.25) is 0 Å². The summed E-state index contributed by atoms with van der Waals surface area (Å²) in [6.45, 7) is 6.87. The molecule has 0 N–H and O–H groups in total. The third-order valence-electron chi connectivity index (χ3n) is 2.64. The smallest absolute Gasteiger partial charge is 0.100 e. The Morgan fingerprint density at radius 2 is 1.94 bits per heavy atom. The molecule has 1 rings (SSSR count). The van der Waals surface area contributed by atoms with E-state index in [9.17, 15) is 0 Å². The average molecular weight is 218 g/mol. The monoisotopic (exact) mass is 218 g/mol. The highest BCUT2D eigenvalue weighted by molar-refractivity contribution is 5.20. The summed E-state index contributed by atoms with van der Waals surface area (Å²) in [4.78, 5) is 0. The van der Waals surface area contributed by atoms with Crippen LogP contribution in [0.15, 0.2) is 43.0 Å². The van der Waals surface area contributed by atoms with E-state index >= 15 is 0 Å². The summed E-state index contributed by atoms with van der Waals surface area (Å²) in [6.07, 6.45) is 6.88. The van der Waals surface area contributed by atoms with Gasteiger partial charge in [-0.1, -0.05) is 62.6 Å². The normalized spacial score (nSPS) is 12.3. The third-order valence-corrected chi connectivity index (χ3v) is 2.64. The van der Waals surface area contributed by atoms with E-state index in [0.29, 0.717) is 0 Å². The number of ether oxygens (including phenoxy) is 1. The lowest BCUT2D eigenvalue weighted by atomic mass is 10.1. The van der Waals surface area contributed by atoms with Gasteiger partial charge in [0.15, 0.2) is 0 Å². The molecule has 88 valence electrons. The summed E-state index contributed by atoms with van der Waals surface area (Å²) in [7, 11) is 0. The molecule has 0 heterocycles. The molecule has 0 bridgehead atoms. The van der Waals surface area contributed by atoms with Crippen molar-refractivity contribution in [3.63, 3.8) is 0 Å². The van der Waals surface area contributed by atoms with Gasteiger partial charge in [-0.15, -0.1) is 6.58 Å². The predicted molar refractivity (Wildman–Crippen MR) is 69.5 cm³/mol. The van der Waals surface area contributed by atoms with E-state index in [2.05, 4.69) is 25.6 Å². The Morgan fingerprint density at radius 3 is 2.56 bits per heavy atom. The second kappa shape index (κ2) is 8.12. The predicted octanol–water partition coefficient (Wildman–Crippen LogP) is 4.51. The Balaban J connectivity index is 2.30. The van der Waals surface area contributed by atoms with Gasteiger partial charge in [0.25, 0.3) is 0 Å². The van der Waals surface area contributed by atoms with E-state index < -0.39 is 0 Å². The molecule has 0 fully saturated rings. The summed E-state index contributed by atoms with van der Waals surface area (Å²) >= 11 is 0. The molecule has 0 aliphatic heterocycles. The van der Waals surface area contributed by atoms with Gasteiger partial charge in [-0.05, 0) is 12.0 Å². The Bertz CT molecular complexity index is 279. The van der Waals surface area contributed by atoms with Crippen LogP contribution in [-0.2, 0) is 4.74 Å². The van der Waals surface area contributed by atoms with Gasteiger partial charge in [0, 0.05) is 6.61 Å². The summed E-state index contributed by atoms with van der Waals surface area (Å²) < 4.78 is 5.81. The largest absolute Gasteiger partial charge is 0.369 e. The van der Waals surface area contributed by atoms with Crippen LogP contribution < -0.4 is 0 Å². The van der Waals surface area contributed by atoms with Crippen molar-refractivity contribution in [1.29, 1.82) is 0 Å². The van der Waals surface area contributed by atoms with E-state index in [1.807, 2.05) is 24.3 Å². The van der Waals surface area contributed by atoms with Crippen LogP contribution in [-0.4, -0.2) is 6.61 Å². The van der Waals surface area contributed by atoms with Crippen molar-refractivity contribution in [1.82, 2.24) is 0 Å². The van der Waals surface area contributed by atoms with Gasteiger partial charge in [-0.25, -0.2) is 0 Å². The highest BCUT2D eigenvalue weighted by Crippen LogP contribution is 2.18. The fourth-order valence-electron chi connectivity index (χ4n) is 1.68. The molecule has 1 nitrogen and oxygen atoms in total. The first-order valence-corrected chi connectivity index (χ1v) is 6.17. The zero-order valence-corrected chi connectivity index (χ0v) is 10.2. The van der Waals surface area contributed by atoms with Crippen molar-refractivity contribution in [2.75, 3.05) is 6.61 Å². The molecule has 0 aliphatic carbocycles. The zero-order chi connectivity index (χ0) is 11.6. The molecule has 1 aromatic rings. The van der Waals surface area contributed by atoms with Gasteiger partial charge in [0.2, 0.25) is 0 Å².